The van der Waals surface area contributed by atoms with Crippen molar-refractivity contribution >= 4 is 11.9 Å². The van der Waals surface area contributed by atoms with Crippen LogP contribution in [-0.4, -0.2) is 35.0 Å². The summed E-state index contributed by atoms with van der Waals surface area (Å²) in [6, 6.07) is 7.55. The van der Waals surface area contributed by atoms with Crippen molar-refractivity contribution in [3.63, 3.8) is 0 Å². The van der Waals surface area contributed by atoms with Crippen molar-refractivity contribution in [2.75, 3.05) is 13.1 Å². The molecule has 21 heavy (non-hydrogen) atoms. The predicted octanol–water partition coefficient (Wildman–Crippen LogP) is 2.96. The molecule has 1 aliphatic heterocycles. The summed E-state index contributed by atoms with van der Waals surface area (Å²) in [5.41, 5.74) is 0.940. The van der Waals surface area contributed by atoms with Crippen LogP contribution in [0.1, 0.15) is 42.6 Å². The van der Waals surface area contributed by atoms with E-state index in [1.165, 1.54) is 0 Å². The quantitative estimate of drug-likeness (QED) is 0.930. The van der Waals surface area contributed by atoms with Gasteiger partial charge in [-0.05, 0) is 51.7 Å². The topological polar surface area (TPSA) is 57.6 Å². The number of piperidine rings is 1. The van der Waals surface area contributed by atoms with E-state index in [9.17, 15) is 14.7 Å². The van der Waals surface area contributed by atoms with E-state index >= 15 is 0 Å². The van der Waals surface area contributed by atoms with Crippen molar-refractivity contribution in [1.29, 1.82) is 0 Å². The van der Waals surface area contributed by atoms with E-state index in [4.69, 9.17) is 0 Å². The summed E-state index contributed by atoms with van der Waals surface area (Å²) >= 11 is 0. The van der Waals surface area contributed by atoms with Crippen LogP contribution in [0, 0.1) is 18.3 Å². The second-order valence-electron chi connectivity index (χ2n) is 6.49. The molecule has 1 aromatic rings. The SMILES string of the molecule is Cc1cccc(C(=O)N2CCCC(C(C)(C)C(=O)O)C2)c1. The molecule has 0 aliphatic carbocycles. The molecule has 1 atom stereocenters. The van der Waals surface area contributed by atoms with E-state index in [0.717, 1.165) is 18.4 Å². The Morgan fingerprint density at radius 2 is 2.05 bits per heavy atom. The number of aryl methyl sites for hydroxylation is 1. The lowest BCUT2D eigenvalue weighted by Crippen LogP contribution is -2.46. The second-order valence-corrected chi connectivity index (χ2v) is 6.49. The van der Waals surface area contributed by atoms with Gasteiger partial charge >= 0.3 is 5.97 Å². The van der Waals surface area contributed by atoms with Gasteiger partial charge in [0.1, 0.15) is 0 Å². The number of carbonyl (C=O) groups is 2. The molecule has 1 fully saturated rings. The molecule has 2 rings (SSSR count). The summed E-state index contributed by atoms with van der Waals surface area (Å²) in [4.78, 5) is 25.8. The van der Waals surface area contributed by atoms with Gasteiger partial charge in [0.05, 0.1) is 5.41 Å². The molecule has 4 nitrogen and oxygen atoms in total. The van der Waals surface area contributed by atoms with E-state index in [1.54, 1.807) is 18.7 Å². The maximum Gasteiger partial charge on any atom is 0.309 e. The maximum atomic E-state index is 12.6. The number of amides is 1. The summed E-state index contributed by atoms with van der Waals surface area (Å²) < 4.78 is 0. The van der Waals surface area contributed by atoms with Gasteiger partial charge in [0.15, 0.2) is 0 Å². The first-order valence-corrected chi connectivity index (χ1v) is 7.41. The van der Waals surface area contributed by atoms with E-state index < -0.39 is 11.4 Å². The standard InChI is InChI=1S/C17H23NO3/c1-12-6-4-7-13(10-12)15(19)18-9-5-8-14(11-18)17(2,3)16(20)21/h4,6-7,10,14H,5,8-9,11H2,1-3H3,(H,20,21). The highest BCUT2D eigenvalue weighted by Gasteiger charge is 2.40. The molecule has 1 aromatic carbocycles. The number of rotatable bonds is 3. The molecule has 1 saturated heterocycles. The van der Waals surface area contributed by atoms with Crippen molar-refractivity contribution in [3.8, 4) is 0 Å². The number of aliphatic carboxylic acids is 1. The zero-order valence-electron chi connectivity index (χ0n) is 12.9. The maximum absolute atomic E-state index is 12.6. The third-order valence-corrected chi connectivity index (χ3v) is 4.55. The van der Waals surface area contributed by atoms with Crippen molar-refractivity contribution < 1.29 is 14.7 Å². The van der Waals surface area contributed by atoms with Crippen molar-refractivity contribution in [2.24, 2.45) is 11.3 Å². The second kappa shape index (κ2) is 5.88. The van der Waals surface area contributed by atoms with E-state index in [2.05, 4.69) is 0 Å². The first-order chi connectivity index (χ1) is 9.82. The Morgan fingerprint density at radius 1 is 1.33 bits per heavy atom. The van der Waals surface area contributed by atoms with Crippen LogP contribution in [0.25, 0.3) is 0 Å². The molecule has 0 bridgehead atoms. The number of hydrogen-bond donors (Lipinski definition) is 1. The van der Waals surface area contributed by atoms with Crippen LogP contribution in [0.2, 0.25) is 0 Å². The number of hydrogen-bond acceptors (Lipinski definition) is 2. The number of benzene rings is 1. The molecule has 114 valence electrons. The highest BCUT2D eigenvalue weighted by atomic mass is 16.4. The number of carbonyl (C=O) groups excluding carboxylic acids is 1. The van der Waals surface area contributed by atoms with Crippen LogP contribution >= 0.6 is 0 Å². The molecule has 0 aromatic heterocycles. The lowest BCUT2D eigenvalue weighted by Gasteiger charge is -2.39. The average Bonchev–Trinajstić information content (AvgIpc) is 2.46. The first kappa shape index (κ1) is 15.5. The fourth-order valence-electron chi connectivity index (χ4n) is 2.89. The summed E-state index contributed by atoms with van der Waals surface area (Å²) in [6.45, 7) is 6.69. The molecule has 0 saturated carbocycles. The van der Waals surface area contributed by atoms with Crippen molar-refractivity contribution in [2.45, 2.75) is 33.6 Å². The van der Waals surface area contributed by atoms with Crippen LogP contribution in [-0.2, 0) is 4.79 Å². The summed E-state index contributed by atoms with van der Waals surface area (Å²) in [5.74, 6) is -0.792. The van der Waals surface area contributed by atoms with Gasteiger partial charge in [0.25, 0.3) is 5.91 Å². The van der Waals surface area contributed by atoms with E-state index in [0.29, 0.717) is 18.7 Å². The molecule has 0 spiro atoms. The van der Waals surface area contributed by atoms with Gasteiger partial charge < -0.3 is 10.0 Å². The van der Waals surface area contributed by atoms with E-state index in [1.807, 2.05) is 31.2 Å². The predicted molar refractivity (Wildman–Crippen MR) is 81.2 cm³/mol. The van der Waals surface area contributed by atoms with Crippen molar-refractivity contribution in [1.82, 2.24) is 4.90 Å². The molecule has 1 amide bonds. The number of carboxylic acid groups (broad SMARTS) is 1. The molecule has 4 heteroatoms. The van der Waals surface area contributed by atoms with Gasteiger partial charge in [-0.25, -0.2) is 0 Å². The monoisotopic (exact) mass is 289 g/mol. The molecular weight excluding hydrogens is 266 g/mol. The van der Waals surface area contributed by atoms with Gasteiger partial charge in [0.2, 0.25) is 0 Å². The minimum Gasteiger partial charge on any atom is -0.481 e. The zero-order valence-corrected chi connectivity index (χ0v) is 12.9. The van der Waals surface area contributed by atoms with E-state index in [-0.39, 0.29) is 11.8 Å². The Balaban J connectivity index is 2.14. The fourth-order valence-corrected chi connectivity index (χ4v) is 2.89. The normalized spacial score (nSPS) is 19.4. The molecule has 1 unspecified atom stereocenters. The molecule has 0 radical (unpaired) electrons. The number of carboxylic acids is 1. The van der Waals surface area contributed by atoms with Crippen LogP contribution in [0.4, 0.5) is 0 Å². The van der Waals surface area contributed by atoms with Crippen LogP contribution in [0.5, 0.6) is 0 Å². The van der Waals surface area contributed by atoms with Gasteiger partial charge in [-0.15, -0.1) is 0 Å². The summed E-state index contributed by atoms with van der Waals surface area (Å²) in [7, 11) is 0. The minimum absolute atomic E-state index is 0.00231. The highest BCUT2D eigenvalue weighted by molar-refractivity contribution is 5.94. The average molecular weight is 289 g/mol. The third kappa shape index (κ3) is 3.26. The van der Waals surface area contributed by atoms with Crippen LogP contribution in [0.3, 0.4) is 0 Å². The first-order valence-electron chi connectivity index (χ1n) is 7.41. The Morgan fingerprint density at radius 3 is 2.67 bits per heavy atom. The largest absolute Gasteiger partial charge is 0.481 e. The third-order valence-electron chi connectivity index (χ3n) is 4.55. The van der Waals surface area contributed by atoms with Gasteiger partial charge in [0, 0.05) is 18.7 Å². The Kier molecular flexibility index (Phi) is 4.35. The molecular formula is C17H23NO3. The van der Waals surface area contributed by atoms with Crippen LogP contribution < -0.4 is 0 Å². The number of likely N-dealkylation sites (tertiary alicyclic amines) is 1. The van der Waals surface area contributed by atoms with Gasteiger partial charge in [-0.3, -0.25) is 9.59 Å². The molecule has 1 aliphatic rings. The number of nitrogens with zero attached hydrogens (tertiary/aromatic N) is 1. The van der Waals surface area contributed by atoms with Gasteiger partial charge in [-0.2, -0.15) is 0 Å². The highest BCUT2D eigenvalue weighted by Crippen LogP contribution is 2.34. The fraction of sp³-hybridized carbons (Fsp3) is 0.529. The Bertz CT molecular complexity index is 551. The lowest BCUT2D eigenvalue weighted by atomic mass is 9.74. The Hall–Kier alpha value is -1.84. The summed E-state index contributed by atoms with van der Waals surface area (Å²) in [5, 5.41) is 9.37. The van der Waals surface area contributed by atoms with Crippen LogP contribution in [0.15, 0.2) is 24.3 Å². The van der Waals surface area contributed by atoms with Gasteiger partial charge in [-0.1, -0.05) is 17.7 Å². The van der Waals surface area contributed by atoms with Crippen molar-refractivity contribution in [3.05, 3.63) is 35.4 Å². The summed E-state index contributed by atoms with van der Waals surface area (Å²) in [6.07, 6.45) is 1.72. The minimum atomic E-state index is -0.800. The molecule has 1 N–H and O–H groups in total. The molecule has 1 heterocycles. The lowest BCUT2D eigenvalue weighted by molar-refractivity contribution is -0.151. The Labute approximate surface area is 125 Å². The smallest absolute Gasteiger partial charge is 0.309 e. The zero-order chi connectivity index (χ0) is 15.6.